The molecule has 0 spiro atoms. The molecule has 4 amide bonds. The number of benzene rings is 3. The second kappa shape index (κ2) is 18.6. The summed E-state index contributed by atoms with van der Waals surface area (Å²) in [6, 6.07) is 25.4. The Morgan fingerprint density at radius 1 is 0.833 bits per heavy atom. The van der Waals surface area contributed by atoms with E-state index in [1.54, 1.807) is 21.9 Å². The van der Waals surface area contributed by atoms with Crippen LogP contribution in [-0.4, -0.2) is 119 Å². The van der Waals surface area contributed by atoms with Crippen LogP contribution < -0.4 is 5.32 Å². The molecule has 54 heavy (non-hydrogen) atoms. The predicted molar refractivity (Wildman–Crippen MR) is 212 cm³/mol. The Morgan fingerprint density at radius 2 is 1.56 bits per heavy atom. The maximum Gasteiger partial charge on any atom is 0.312 e. The highest BCUT2D eigenvalue weighted by Gasteiger charge is 2.43. The topological polar surface area (TPSA) is 114 Å². The zero-order chi connectivity index (χ0) is 38.0. The van der Waals surface area contributed by atoms with Gasteiger partial charge in [0.15, 0.2) is 0 Å². The number of carbonyl (C=O) groups excluding carboxylic acids is 4. The van der Waals surface area contributed by atoms with Gasteiger partial charge in [-0.1, -0.05) is 99.6 Å². The summed E-state index contributed by atoms with van der Waals surface area (Å²) < 4.78 is 0. The molecular formula is C43H55BN5O5. The van der Waals surface area contributed by atoms with Crippen LogP contribution in [0.5, 0.6) is 5.75 Å². The average Bonchev–Trinajstić information content (AvgIpc) is 3.63. The van der Waals surface area contributed by atoms with Gasteiger partial charge in [0.1, 0.15) is 13.0 Å². The van der Waals surface area contributed by atoms with Gasteiger partial charge in [-0.2, -0.15) is 0 Å². The quantitative estimate of drug-likeness (QED) is 0.117. The van der Waals surface area contributed by atoms with E-state index in [1.807, 2.05) is 42.1 Å². The first kappa shape index (κ1) is 39.1. The number of carbonyl (C=O) groups is 4. The van der Waals surface area contributed by atoms with Gasteiger partial charge in [-0.05, 0) is 79.5 Å². The Morgan fingerprint density at radius 3 is 2.28 bits per heavy atom. The van der Waals surface area contributed by atoms with Crippen molar-refractivity contribution in [3.05, 3.63) is 90.0 Å². The highest BCUT2D eigenvalue weighted by atomic mass is 16.3. The number of phenols is 1. The molecule has 4 atom stereocenters. The average molecular weight is 733 g/mol. The molecular weight excluding hydrogens is 677 g/mol. The predicted octanol–water partition coefficient (Wildman–Crippen LogP) is 4.79. The highest BCUT2D eigenvalue weighted by Crippen LogP contribution is 2.27. The molecule has 0 saturated carbocycles. The van der Waals surface area contributed by atoms with E-state index in [0.717, 1.165) is 73.6 Å². The number of nitrogens with one attached hydrogen (secondary N) is 1. The van der Waals surface area contributed by atoms with Crippen LogP contribution in [0.1, 0.15) is 56.6 Å². The molecule has 3 fully saturated rings. The van der Waals surface area contributed by atoms with E-state index in [9.17, 15) is 24.3 Å². The smallest absolute Gasteiger partial charge is 0.312 e. The van der Waals surface area contributed by atoms with Gasteiger partial charge in [-0.25, -0.2) is 0 Å². The van der Waals surface area contributed by atoms with Crippen molar-refractivity contribution in [3.63, 3.8) is 0 Å². The Labute approximate surface area is 321 Å². The standard InChI is InChI=1S/C43H55BN5O5/c1-3-9-37(28-46-24-8-13-36(46)29-48-35(12-7-23-44-2)27-45-40(51)41(48)52)49-30-38(26-32-16-20-39(50)21-17-32)47(42(53)43(49)54)25-22-31-14-18-34(19-15-31)33-10-5-4-6-11-33/h4-6,10-11,14-21,35-38,50H,3,7-9,12-13,22-30H2,1-2H3,(H,45,51)/t35-,36-,37?,38+/m0/s1. The van der Waals surface area contributed by atoms with E-state index in [2.05, 4.69) is 60.8 Å². The summed E-state index contributed by atoms with van der Waals surface area (Å²) in [5.74, 6) is -1.73. The van der Waals surface area contributed by atoms with Crippen LogP contribution in [0.15, 0.2) is 78.9 Å². The fourth-order valence-electron chi connectivity index (χ4n) is 8.50. The molecule has 3 saturated heterocycles. The summed E-state index contributed by atoms with van der Waals surface area (Å²) in [5, 5.41) is 12.7. The van der Waals surface area contributed by atoms with Gasteiger partial charge in [-0.15, -0.1) is 0 Å². The van der Waals surface area contributed by atoms with Gasteiger partial charge >= 0.3 is 23.6 Å². The zero-order valence-corrected chi connectivity index (χ0v) is 31.9. The Bertz CT molecular complexity index is 1720. The first-order valence-corrected chi connectivity index (χ1v) is 19.9. The Hall–Kier alpha value is -4.64. The third kappa shape index (κ3) is 9.53. The molecule has 285 valence electrons. The van der Waals surface area contributed by atoms with Gasteiger partial charge in [-0.3, -0.25) is 24.1 Å². The molecule has 11 heteroatoms. The lowest BCUT2D eigenvalue weighted by Crippen LogP contribution is -2.64. The second-order valence-corrected chi connectivity index (χ2v) is 15.2. The lowest BCUT2D eigenvalue weighted by atomic mass is 9.76. The molecule has 3 heterocycles. The molecule has 3 aromatic carbocycles. The van der Waals surface area contributed by atoms with Gasteiger partial charge in [0.25, 0.3) is 0 Å². The first-order valence-electron chi connectivity index (χ1n) is 19.9. The van der Waals surface area contributed by atoms with Crippen molar-refractivity contribution in [3.8, 4) is 16.9 Å². The lowest BCUT2D eigenvalue weighted by Gasteiger charge is -2.45. The first-order chi connectivity index (χ1) is 26.2. The van der Waals surface area contributed by atoms with Crippen molar-refractivity contribution in [2.24, 2.45) is 0 Å². The molecule has 3 aliphatic heterocycles. The normalized spacial score (nSPS) is 21.4. The maximum absolute atomic E-state index is 14.1. The second-order valence-electron chi connectivity index (χ2n) is 15.2. The van der Waals surface area contributed by atoms with Crippen molar-refractivity contribution in [2.45, 2.75) is 95.6 Å². The monoisotopic (exact) mass is 732 g/mol. The molecule has 3 aromatic rings. The van der Waals surface area contributed by atoms with Crippen molar-refractivity contribution < 1.29 is 24.3 Å². The number of hydrogen-bond donors (Lipinski definition) is 2. The Balaban J connectivity index is 1.17. The van der Waals surface area contributed by atoms with Gasteiger partial charge < -0.3 is 25.1 Å². The van der Waals surface area contributed by atoms with E-state index < -0.39 is 23.6 Å². The van der Waals surface area contributed by atoms with E-state index in [-0.39, 0.29) is 29.9 Å². The Kier molecular flexibility index (Phi) is 13.5. The minimum atomic E-state index is -0.535. The van der Waals surface area contributed by atoms with E-state index in [4.69, 9.17) is 0 Å². The largest absolute Gasteiger partial charge is 0.508 e. The van der Waals surface area contributed by atoms with E-state index in [1.165, 1.54) is 0 Å². The minimum Gasteiger partial charge on any atom is -0.508 e. The molecule has 0 aliphatic carbocycles. The fourth-order valence-corrected chi connectivity index (χ4v) is 8.50. The number of amides is 4. The molecule has 1 unspecified atom stereocenters. The fraction of sp³-hybridized carbons (Fsp3) is 0.488. The van der Waals surface area contributed by atoms with Gasteiger partial charge in [0, 0.05) is 50.8 Å². The molecule has 10 nitrogen and oxygen atoms in total. The SMILES string of the molecule is C[B]CCC[C@H]1CNC(=O)C(=O)N1C[C@@H]1CCCN1CC(CCC)N1C[C@@H](Cc2ccc(O)cc2)N(CCc2ccc(-c3ccccc3)cc2)C(=O)C1=O. The number of hydrogen-bond acceptors (Lipinski definition) is 6. The molecule has 1 radical (unpaired) electrons. The van der Waals surface area contributed by atoms with Crippen molar-refractivity contribution in [1.29, 1.82) is 0 Å². The van der Waals surface area contributed by atoms with Crippen molar-refractivity contribution in [2.75, 3.05) is 39.3 Å². The van der Waals surface area contributed by atoms with Crippen LogP contribution in [0.25, 0.3) is 11.1 Å². The van der Waals surface area contributed by atoms with Crippen molar-refractivity contribution in [1.82, 2.24) is 24.9 Å². The lowest BCUT2D eigenvalue weighted by molar-refractivity contribution is -0.161. The van der Waals surface area contributed by atoms with Gasteiger partial charge in [0.2, 0.25) is 0 Å². The zero-order valence-electron chi connectivity index (χ0n) is 31.9. The summed E-state index contributed by atoms with van der Waals surface area (Å²) in [4.78, 5) is 61.6. The number of nitrogens with zero attached hydrogens (tertiary/aromatic N) is 4. The van der Waals surface area contributed by atoms with Gasteiger partial charge in [0.05, 0.1) is 6.04 Å². The van der Waals surface area contributed by atoms with Crippen LogP contribution in [-0.2, 0) is 32.0 Å². The summed E-state index contributed by atoms with van der Waals surface area (Å²) in [6.45, 7) is 7.41. The molecule has 6 rings (SSSR count). The number of likely N-dealkylation sites (tertiary alicyclic amines) is 1. The third-order valence-corrected chi connectivity index (χ3v) is 11.5. The summed E-state index contributed by atoms with van der Waals surface area (Å²) in [6.07, 6.45) is 7.45. The number of aromatic hydroxyl groups is 1. The van der Waals surface area contributed by atoms with Crippen LogP contribution in [0.2, 0.25) is 13.1 Å². The number of phenolic OH excluding ortho intramolecular Hbond substituents is 1. The third-order valence-electron chi connectivity index (χ3n) is 11.5. The summed E-state index contributed by atoms with van der Waals surface area (Å²) in [5.41, 5.74) is 4.37. The van der Waals surface area contributed by atoms with Crippen LogP contribution in [0, 0.1) is 0 Å². The van der Waals surface area contributed by atoms with Crippen LogP contribution in [0.3, 0.4) is 0 Å². The minimum absolute atomic E-state index is 0.0289. The summed E-state index contributed by atoms with van der Waals surface area (Å²) in [7, 11) is 2.13. The molecule has 2 N–H and O–H groups in total. The molecule has 0 bridgehead atoms. The van der Waals surface area contributed by atoms with Crippen LogP contribution >= 0.6 is 0 Å². The maximum atomic E-state index is 14.1. The van der Waals surface area contributed by atoms with Crippen LogP contribution in [0.4, 0.5) is 0 Å². The molecule has 0 aromatic heterocycles. The number of rotatable bonds is 17. The number of piperazine rings is 2. The summed E-state index contributed by atoms with van der Waals surface area (Å²) >= 11 is 0. The van der Waals surface area contributed by atoms with E-state index in [0.29, 0.717) is 45.6 Å². The van der Waals surface area contributed by atoms with E-state index >= 15 is 0 Å². The van der Waals surface area contributed by atoms with Crippen molar-refractivity contribution >= 4 is 30.9 Å². The molecule has 3 aliphatic rings. The highest BCUT2D eigenvalue weighted by molar-refractivity contribution is 6.36.